The predicted molar refractivity (Wildman–Crippen MR) is 361 cm³/mol. The number of esters is 1. The Morgan fingerprint density at radius 3 is 0.939 bits per heavy atom. The van der Waals surface area contributed by atoms with Crippen molar-refractivity contribution in [2.24, 2.45) is 0 Å². The van der Waals surface area contributed by atoms with Crippen molar-refractivity contribution in [1.82, 2.24) is 5.32 Å². The number of nitrogens with one attached hydrogen (secondary N) is 1. The van der Waals surface area contributed by atoms with Crippen LogP contribution in [0.2, 0.25) is 0 Å². The topological polar surface area (TPSA) is 95.9 Å². The van der Waals surface area contributed by atoms with E-state index in [9.17, 15) is 19.8 Å². The monoisotopic (exact) mass is 1150 g/mol. The summed E-state index contributed by atoms with van der Waals surface area (Å²) >= 11 is 0. The molecule has 0 radical (unpaired) electrons. The number of rotatable bonds is 70. The SMILES string of the molecule is CCCCCC/C=C\C/C=C\CCCCCCCCCC(=O)OCCCCCCCCCCCCCCCCCCCCCCCCCCCCCCCCCCCC(=O)NC(CO)C(O)/C=C/CCCCCCCCCCCCCC. The molecule has 6 nitrogen and oxygen atoms in total. The van der Waals surface area contributed by atoms with E-state index in [2.05, 4.69) is 43.5 Å². The molecule has 6 heteroatoms. The maximum Gasteiger partial charge on any atom is 0.305 e. The first-order chi connectivity index (χ1) is 40.5. The van der Waals surface area contributed by atoms with Gasteiger partial charge in [-0.15, -0.1) is 0 Å². The summed E-state index contributed by atoms with van der Waals surface area (Å²) in [7, 11) is 0. The van der Waals surface area contributed by atoms with Gasteiger partial charge in [-0.05, 0) is 64.2 Å². The lowest BCUT2D eigenvalue weighted by molar-refractivity contribution is -0.143. The minimum Gasteiger partial charge on any atom is -0.466 e. The fraction of sp³-hybridized carbons (Fsp3) is 0.895. The minimum atomic E-state index is -0.840. The molecule has 0 aromatic carbocycles. The normalized spacial score (nSPS) is 12.7. The average Bonchev–Trinajstić information content (AvgIpc) is 3.48. The number of carbonyl (C=O) groups is 2. The summed E-state index contributed by atoms with van der Waals surface area (Å²) in [5, 5.41) is 23.2. The molecule has 0 aromatic rings. The molecule has 0 heterocycles. The highest BCUT2D eigenvalue weighted by atomic mass is 16.5. The largest absolute Gasteiger partial charge is 0.466 e. The second kappa shape index (κ2) is 71.6. The van der Waals surface area contributed by atoms with Crippen LogP contribution in [0.5, 0.6) is 0 Å². The van der Waals surface area contributed by atoms with Gasteiger partial charge in [-0.25, -0.2) is 0 Å². The number of unbranched alkanes of at least 4 members (excludes halogenated alkanes) is 55. The molecule has 0 aliphatic rings. The zero-order valence-corrected chi connectivity index (χ0v) is 55.5. The molecular weight excluding hydrogens is 1010 g/mol. The van der Waals surface area contributed by atoms with Gasteiger partial charge in [0.15, 0.2) is 0 Å². The van der Waals surface area contributed by atoms with Crippen molar-refractivity contribution in [3.05, 3.63) is 36.5 Å². The molecule has 0 spiro atoms. The Kier molecular flexibility index (Phi) is 69.9. The maximum atomic E-state index is 12.5. The van der Waals surface area contributed by atoms with Crippen LogP contribution in [0.4, 0.5) is 0 Å². The van der Waals surface area contributed by atoms with Crippen molar-refractivity contribution in [3.63, 3.8) is 0 Å². The van der Waals surface area contributed by atoms with E-state index in [0.717, 1.165) is 51.4 Å². The first-order valence-corrected chi connectivity index (χ1v) is 37.3. The van der Waals surface area contributed by atoms with Gasteiger partial charge in [-0.3, -0.25) is 9.59 Å². The number of hydrogen-bond donors (Lipinski definition) is 3. The highest BCUT2D eigenvalue weighted by molar-refractivity contribution is 5.76. The van der Waals surface area contributed by atoms with E-state index >= 15 is 0 Å². The minimum absolute atomic E-state index is 0.0146. The van der Waals surface area contributed by atoms with Gasteiger partial charge in [0.1, 0.15) is 0 Å². The Morgan fingerprint density at radius 1 is 0.341 bits per heavy atom. The van der Waals surface area contributed by atoms with E-state index < -0.39 is 12.1 Å². The second-order valence-electron chi connectivity index (χ2n) is 25.6. The van der Waals surface area contributed by atoms with Crippen LogP contribution in [0.25, 0.3) is 0 Å². The number of allylic oxidation sites excluding steroid dienone is 5. The summed E-state index contributed by atoms with van der Waals surface area (Å²) in [5.41, 5.74) is 0. The first kappa shape index (κ1) is 80.1. The van der Waals surface area contributed by atoms with Crippen LogP contribution in [0.15, 0.2) is 36.5 Å². The molecule has 0 saturated carbocycles. The lowest BCUT2D eigenvalue weighted by Crippen LogP contribution is -2.45. The third-order valence-corrected chi connectivity index (χ3v) is 17.4. The van der Waals surface area contributed by atoms with Crippen LogP contribution in [-0.4, -0.2) is 47.4 Å². The van der Waals surface area contributed by atoms with Crippen molar-refractivity contribution in [1.29, 1.82) is 0 Å². The summed E-state index contributed by atoms with van der Waals surface area (Å²) in [6, 6.07) is -0.624. The zero-order chi connectivity index (χ0) is 59.2. The third kappa shape index (κ3) is 67.2. The maximum absolute atomic E-state index is 12.5. The summed E-state index contributed by atoms with van der Waals surface area (Å²) in [6.45, 7) is 4.92. The summed E-state index contributed by atoms with van der Waals surface area (Å²) in [4.78, 5) is 24.6. The zero-order valence-electron chi connectivity index (χ0n) is 55.5. The van der Waals surface area contributed by atoms with Gasteiger partial charge in [0.2, 0.25) is 5.91 Å². The van der Waals surface area contributed by atoms with Crippen LogP contribution in [0, 0.1) is 0 Å². The van der Waals surface area contributed by atoms with Gasteiger partial charge in [-0.2, -0.15) is 0 Å². The predicted octanol–water partition coefficient (Wildman–Crippen LogP) is 24.3. The van der Waals surface area contributed by atoms with Crippen LogP contribution in [0.1, 0.15) is 412 Å². The molecule has 82 heavy (non-hydrogen) atoms. The van der Waals surface area contributed by atoms with E-state index in [1.807, 2.05) is 6.08 Å². The molecule has 0 rings (SSSR count). The molecule has 2 atom stereocenters. The fourth-order valence-corrected chi connectivity index (χ4v) is 11.7. The Hall–Kier alpha value is -1.92. The van der Waals surface area contributed by atoms with Crippen molar-refractivity contribution in [2.75, 3.05) is 13.2 Å². The second-order valence-corrected chi connectivity index (χ2v) is 25.6. The van der Waals surface area contributed by atoms with Gasteiger partial charge >= 0.3 is 5.97 Å². The Labute approximate surface area is 513 Å². The number of ether oxygens (including phenoxy) is 1. The van der Waals surface area contributed by atoms with Crippen LogP contribution < -0.4 is 5.32 Å². The van der Waals surface area contributed by atoms with E-state index in [1.165, 1.54) is 334 Å². The molecule has 1 amide bonds. The summed E-state index contributed by atoms with van der Waals surface area (Å²) in [6.07, 6.45) is 92.5. The first-order valence-electron chi connectivity index (χ1n) is 37.3. The number of carbonyl (C=O) groups excluding carboxylic acids is 2. The molecule has 0 aromatic heterocycles. The standard InChI is InChI=1S/C76H145NO5/c1-3-5-7-9-11-13-15-17-19-20-39-42-46-50-54-58-62-66-70-76(81)82-71-67-63-59-55-51-47-43-40-37-35-33-31-29-27-25-23-21-22-24-26-28-30-32-34-36-38-41-45-49-53-57-61-65-69-75(80)77-73(72-78)74(79)68-64-60-56-52-48-44-18-16-14-12-10-8-6-4-2/h13,15,19-20,64,68,73-74,78-79H,3-12,14,16-18,21-63,65-67,69-72H2,1-2H3,(H,77,80)/b15-13-,20-19-,68-64+. The Bertz CT molecular complexity index is 1330. The number of aliphatic hydroxyl groups excluding tert-OH is 2. The van der Waals surface area contributed by atoms with Gasteiger partial charge < -0.3 is 20.3 Å². The van der Waals surface area contributed by atoms with Crippen molar-refractivity contribution >= 4 is 11.9 Å². The number of hydrogen-bond acceptors (Lipinski definition) is 5. The van der Waals surface area contributed by atoms with Gasteiger partial charge in [0.05, 0.1) is 25.4 Å². The highest BCUT2D eigenvalue weighted by Gasteiger charge is 2.18. The molecular formula is C76H145NO5. The van der Waals surface area contributed by atoms with Crippen LogP contribution >= 0.6 is 0 Å². The summed E-state index contributed by atoms with van der Waals surface area (Å²) in [5.74, 6) is -0.0466. The molecule has 0 bridgehead atoms. The summed E-state index contributed by atoms with van der Waals surface area (Å²) < 4.78 is 5.51. The Balaban J connectivity index is 3.32. The molecule has 0 saturated heterocycles. The molecule has 3 N–H and O–H groups in total. The van der Waals surface area contributed by atoms with Crippen molar-refractivity contribution < 1.29 is 24.5 Å². The van der Waals surface area contributed by atoms with E-state index in [-0.39, 0.29) is 18.5 Å². The van der Waals surface area contributed by atoms with Gasteiger partial charge in [0.25, 0.3) is 0 Å². The van der Waals surface area contributed by atoms with E-state index in [4.69, 9.17) is 4.74 Å². The molecule has 0 fully saturated rings. The van der Waals surface area contributed by atoms with Crippen molar-refractivity contribution in [3.8, 4) is 0 Å². The van der Waals surface area contributed by atoms with Gasteiger partial charge in [-0.1, -0.05) is 371 Å². The van der Waals surface area contributed by atoms with E-state index in [0.29, 0.717) is 19.4 Å². The highest BCUT2D eigenvalue weighted by Crippen LogP contribution is 2.19. The lowest BCUT2D eigenvalue weighted by atomic mass is 10.0. The molecule has 2 unspecified atom stereocenters. The smallest absolute Gasteiger partial charge is 0.305 e. The third-order valence-electron chi connectivity index (χ3n) is 17.4. The molecule has 0 aliphatic heterocycles. The van der Waals surface area contributed by atoms with E-state index in [1.54, 1.807) is 6.08 Å². The number of aliphatic hydroxyl groups is 2. The molecule has 484 valence electrons. The molecule has 0 aliphatic carbocycles. The Morgan fingerprint density at radius 2 is 0.610 bits per heavy atom. The van der Waals surface area contributed by atoms with Crippen LogP contribution in [0.3, 0.4) is 0 Å². The van der Waals surface area contributed by atoms with Crippen LogP contribution in [-0.2, 0) is 14.3 Å². The average molecular weight is 1150 g/mol. The quantitative estimate of drug-likeness (QED) is 0.0320. The fourth-order valence-electron chi connectivity index (χ4n) is 11.7. The van der Waals surface area contributed by atoms with Gasteiger partial charge in [0, 0.05) is 12.8 Å². The van der Waals surface area contributed by atoms with Crippen molar-refractivity contribution in [2.45, 2.75) is 424 Å². The lowest BCUT2D eigenvalue weighted by Gasteiger charge is -2.20. The number of amides is 1.